The van der Waals surface area contributed by atoms with Gasteiger partial charge in [0.1, 0.15) is 5.82 Å². The number of benzene rings is 2. The lowest BCUT2D eigenvalue weighted by molar-refractivity contribution is 0.628. The van der Waals surface area contributed by atoms with E-state index in [2.05, 4.69) is 10.6 Å². The molecule has 2 aromatic carbocycles. The highest BCUT2D eigenvalue weighted by molar-refractivity contribution is 6.33. The normalized spacial score (nSPS) is 10.1. The Hall–Kier alpha value is -1.74. The van der Waals surface area contributed by atoms with Gasteiger partial charge in [0.15, 0.2) is 0 Å². The van der Waals surface area contributed by atoms with Crippen molar-refractivity contribution in [2.45, 2.75) is 0 Å². The van der Waals surface area contributed by atoms with E-state index in [0.29, 0.717) is 5.02 Å². The van der Waals surface area contributed by atoms with Gasteiger partial charge in [-0.1, -0.05) is 23.7 Å². The summed E-state index contributed by atoms with van der Waals surface area (Å²) in [6, 6.07) is 13.9. The SMILES string of the molecule is Fc1ccc(NCCNc2ccccc2Cl)cc1. The lowest BCUT2D eigenvalue weighted by Gasteiger charge is -2.09. The van der Waals surface area contributed by atoms with Gasteiger partial charge in [0.05, 0.1) is 10.7 Å². The molecule has 18 heavy (non-hydrogen) atoms. The lowest BCUT2D eigenvalue weighted by Crippen LogP contribution is -2.13. The van der Waals surface area contributed by atoms with E-state index >= 15 is 0 Å². The van der Waals surface area contributed by atoms with Crippen molar-refractivity contribution in [2.24, 2.45) is 0 Å². The summed E-state index contributed by atoms with van der Waals surface area (Å²) in [5.41, 5.74) is 1.82. The topological polar surface area (TPSA) is 24.1 Å². The maximum Gasteiger partial charge on any atom is 0.123 e. The summed E-state index contributed by atoms with van der Waals surface area (Å²) in [4.78, 5) is 0. The molecule has 0 spiro atoms. The standard InChI is InChI=1S/C14H14ClFN2/c15-13-3-1-2-4-14(13)18-10-9-17-12-7-5-11(16)6-8-12/h1-8,17-18H,9-10H2. The van der Waals surface area contributed by atoms with Gasteiger partial charge in [-0.3, -0.25) is 0 Å². The first-order valence-corrected chi connectivity index (χ1v) is 6.11. The molecule has 0 saturated carbocycles. The molecule has 0 aromatic heterocycles. The van der Waals surface area contributed by atoms with E-state index < -0.39 is 0 Å². The minimum atomic E-state index is -0.227. The third kappa shape index (κ3) is 3.64. The zero-order chi connectivity index (χ0) is 12.8. The predicted octanol–water partition coefficient (Wildman–Crippen LogP) is 4.00. The van der Waals surface area contributed by atoms with Crippen molar-refractivity contribution in [1.82, 2.24) is 0 Å². The molecule has 94 valence electrons. The second-order valence-corrected chi connectivity index (χ2v) is 4.25. The Morgan fingerprint density at radius 1 is 0.889 bits per heavy atom. The van der Waals surface area contributed by atoms with E-state index in [0.717, 1.165) is 24.5 Å². The minimum absolute atomic E-state index is 0.227. The van der Waals surface area contributed by atoms with Gasteiger partial charge in [-0.05, 0) is 36.4 Å². The first-order valence-electron chi connectivity index (χ1n) is 5.73. The molecule has 0 saturated heterocycles. The zero-order valence-corrected chi connectivity index (χ0v) is 10.5. The summed E-state index contributed by atoms with van der Waals surface area (Å²) in [5.74, 6) is -0.227. The molecule has 0 unspecified atom stereocenters. The second-order valence-electron chi connectivity index (χ2n) is 3.84. The molecule has 2 rings (SSSR count). The van der Waals surface area contributed by atoms with Gasteiger partial charge >= 0.3 is 0 Å². The molecule has 0 amide bonds. The Morgan fingerprint density at radius 3 is 2.28 bits per heavy atom. The number of hydrogen-bond donors (Lipinski definition) is 2. The van der Waals surface area contributed by atoms with E-state index in [1.807, 2.05) is 24.3 Å². The number of anilines is 2. The molecular formula is C14H14ClFN2. The molecule has 0 aliphatic carbocycles. The summed E-state index contributed by atoms with van der Waals surface area (Å²) in [5, 5.41) is 7.12. The molecule has 0 fully saturated rings. The van der Waals surface area contributed by atoms with Crippen LogP contribution in [0.15, 0.2) is 48.5 Å². The van der Waals surface area contributed by atoms with E-state index in [9.17, 15) is 4.39 Å². The van der Waals surface area contributed by atoms with Crippen molar-refractivity contribution in [3.63, 3.8) is 0 Å². The number of rotatable bonds is 5. The van der Waals surface area contributed by atoms with Gasteiger partial charge in [0.2, 0.25) is 0 Å². The third-order valence-electron chi connectivity index (χ3n) is 2.49. The molecule has 2 aromatic rings. The Balaban J connectivity index is 1.76. The Labute approximate surface area is 111 Å². The van der Waals surface area contributed by atoms with Crippen LogP contribution in [0.2, 0.25) is 5.02 Å². The van der Waals surface area contributed by atoms with Crippen molar-refractivity contribution in [1.29, 1.82) is 0 Å². The molecule has 0 bridgehead atoms. The molecule has 0 heterocycles. The van der Waals surface area contributed by atoms with Crippen LogP contribution in [0, 0.1) is 5.82 Å². The quantitative estimate of drug-likeness (QED) is 0.798. The number of nitrogens with one attached hydrogen (secondary N) is 2. The van der Waals surface area contributed by atoms with Crippen LogP contribution in [0.3, 0.4) is 0 Å². The van der Waals surface area contributed by atoms with Crippen LogP contribution < -0.4 is 10.6 Å². The highest BCUT2D eigenvalue weighted by Crippen LogP contribution is 2.19. The number of para-hydroxylation sites is 1. The molecule has 2 N–H and O–H groups in total. The summed E-state index contributed by atoms with van der Waals surface area (Å²) < 4.78 is 12.7. The van der Waals surface area contributed by atoms with Crippen LogP contribution in [-0.2, 0) is 0 Å². The third-order valence-corrected chi connectivity index (χ3v) is 2.82. The Bertz CT molecular complexity index is 499. The van der Waals surface area contributed by atoms with Gasteiger partial charge in [0, 0.05) is 18.8 Å². The largest absolute Gasteiger partial charge is 0.383 e. The average molecular weight is 265 g/mol. The fourth-order valence-corrected chi connectivity index (χ4v) is 1.78. The minimum Gasteiger partial charge on any atom is -0.383 e. The van der Waals surface area contributed by atoms with Crippen LogP contribution in [0.25, 0.3) is 0 Å². The fraction of sp³-hybridized carbons (Fsp3) is 0.143. The monoisotopic (exact) mass is 264 g/mol. The average Bonchev–Trinajstić information content (AvgIpc) is 2.39. The van der Waals surface area contributed by atoms with E-state index in [-0.39, 0.29) is 5.82 Å². The van der Waals surface area contributed by atoms with Crippen molar-refractivity contribution in [2.75, 3.05) is 23.7 Å². The Kier molecular flexibility index (Phi) is 4.42. The van der Waals surface area contributed by atoms with Gasteiger partial charge < -0.3 is 10.6 Å². The molecular weight excluding hydrogens is 251 g/mol. The van der Waals surface area contributed by atoms with Crippen molar-refractivity contribution < 1.29 is 4.39 Å². The molecule has 0 aliphatic heterocycles. The predicted molar refractivity (Wildman–Crippen MR) is 74.8 cm³/mol. The first kappa shape index (κ1) is 12.7. The summed E-state index contributed by atoms with van der Waals surface area (Å²) >= 11 is 6.01. The molecule has 2 nitrogen and oxygen atoms in total. The van der Waals surface area contributed by atoms with Crippen LogP contribution in [-0.4, -0.2) is 13.1 Å². The van der Waals surface area contributed by atoms with Gasteiger partial charge in [0.25, 0.3) is 0 Å². The first-order chi connectivity index (χ1) is 8.75. The smallest absolute Gasteiger partial charge is 0.123 e. The zero-order valence-electron chi connectivity index (χ0n) is 9.79. The van der Waals surface area contributed by atoms with Crippen LogP contribution in [0.5, 0.6) is 0 Å². The van der Waals surface area contributed by atoms with Crippen molar-refractivity contribution in [3.05, 3.63) is 59.4 Å². The summed E-state index contributed by atoms with van der Waals surface area (Å²) in [6.45, 7) is 1.47. The summed E-state index contributed by atoms with van der Waals surface area (Å²) in [7, 11) is 0. The van der Waals surface area contributed by atoms with Crippen LogP contribution in [0.1, 0.15) is 0 Å². The second kappa shape index (κ2) is 6.26. The highest BCUT2D eigenvalue weighted by Gasteiger charge is 1.97. The van der Waals surface area contributed by atoms with E-state index in [4.69, 9.17) is 11.6 Å². The van der Waals surface area contributed by atoms with Gasteiger partial charge in [-0.2, -0.15) is 0 Å². The lowest BCUT2D eigenvalue weighted by atomic mass is 10.3. The fourth-order valence-electron chi connectivity index (χ4n) is 1.58. The van der Waals surface area contributed by atoms with Crippen molar-refractivity contribution in [3.8, 4) is 0 Å². The molecule has 0 atom stereocenters. The molecule has 0 radical (unpaired) electrons. The maximum atomic E-state index is 12.7. The number of hydrogen-bond acceptors (Lipinski definition) is 2. The summed E-state index contributed by atoms with van der Waals surface area (Å²) in [6.07, 6.45) is 0. The van der Waals surface area contributed by atoms with Gasteiger partial charge in [-0.15, -0.1) is 0 Å². The van der Waals surface area contributed by atoms with E-state index in [1.165, 1.54) is 12.1 Å². The molecule has 0 aliphatic rings. The Morgan fingerprint density at radius 2 is 1.56 bits per heavy atom. The molecule has 4 heteroatoms. The van der Waals surface area contributed by atoms with E-state index in [1.54, 1.807) is 12.1 Å². The van der Waals surface area contributed by atoms with Gasteiger partial charge in [-0.25, -0.2) is 4.39 Å². The van der Waals surface area contributed by atoms with Crippen LogP contribution >= 0.6 is 11.6 Å². The maximum absolute atomic E-state index is 12.7. The van der Waals surface area contributed by atoms with Crippen molar-refractivity contribution >= 4 is 23.0 Å². The number of halogens is 2. The van der Waals surface area contributed by atoms with Crippen LogP contribution in [0.4, 0.5) is 15.8 Å². The highest BCUT2D eigenvalue weighted by atomic mass is 35.5.